The first-order valence-electron chi connectivity index (χ1n) is 4.75. The fourth-order valence-corrected chi connectivity index (χ4v) is 1.32. The molecule has 0 saturated carbocycles. The summed E-state index contributed by atoms with van der Waals surface area (Å²) in [7, 11) is 0. The van der Waals surface area contributed by atoms with Crippen molar-refractivity contribution in [2.24, 2.45) is 5.41 Å². The molecular formula is C11H11Cl2NO3. The number of carbonyl (C=O) groups excluding carboxylic acids is 1. The van der Waals surface area contributed by atoms with Gasteiger partial charge in [-0.2, -0.15) is 0 Å². The molecule has 0 spiro atoms. The smallest absolute Gasteiger partial charge is 0.318 e. The molecule has 17 heavy (non-hydrogen) atoms. The van der Waals surface area contributed by atoms with Gasteiger partial charge in [-0.1, -0.05) is 29.3 Å². The van der Waals surface area contributed by atoms with Crippen molar-refractivity contribution in [3.63, 3.8) is 0 Å². The molecular weight excluding hydrogens is 265 g/mol. The summed E-state index contributed by atoms with van der Waals surface area (Å²) in [6.45, 7) is 2.62. The molecule has 1 aromatic rings. The number of carbonyl (C=O) groups is 2. The minimum absolute atomic E-state index is 0.184. The Bertz CT molecular complexity index is 472. The Labute approximate surface area is 109 Å². The second kappa shape index (κ2) is 4.94. The Hall–Kier alpha value is -1.26. The maximum Gasteiger partial charge on any atom is 0.318 e. The van der Waals surface area contributed by atoms with E-state index in [1.165, 1.54) is 13.8 Å². The zero-order valence-electron chi connectivity index (χ0n) is 9.25. The van der Waals surface area contributed by atoms with Crippen LogP contribution in [0, 0.1) is 5.41 Å². The van der Waals surface area contributed by atoms with Gasteiger partial charge in [-0.3, -0.25) is 9.59 Å². The van der Waals surface area contributed by atoms with E-state index in [-0.39, 0.29) is 10.0 Å². The van der Waals surface area contributed by atoms with Gasteiger partial charge < -0.3 is 10.4 Å². The van der Waals surface area contributed by atoms with Gasteiger partial charge >= 0.3 is 5.97 Å². The number of rotatable bonds is 3. The lowest BCUT2D eigenvalue weighted by Crippen LogP contribution is -2.37. The van der Waals surface area contributed by atoms with Gasteiger partial charge in [0.2, 0.25) is 5.91 Å². The summed E-state index contributed by atoms with van der Waals surface area (Å²) in [5.41, 5.74) is -1.25. The number of carboxylic acid groups (broad SMARTS) is 1. The van der Waals surface area contributed by atoms with Crippen molar-refractivity contribution in [3.8, 4) is 0 Å². The maximum absolute atomic E-state index is 11.7. The molecule has 0 saturated heterocycles. The normalized spacial score (nSPS) is 11.1. The molecule has 1 aromatic carbocycles. The highest BCUT2D eigenvalue weighted by atomic mass is 35.5. The number of anilines is 1. The van der Waals surface area contributed by atoms with Gasteiger partial charge in [-0.15, -0.1) is 0 Å². The first kappa shape index (κ1) is 13.8. The van der Waals surface area contributed by atoms with Gasteiger partial charge in [0.25, 0.3) is 0 Å². The minimum Gasteiger partial charge on any atom is -0.480 e. The fraction of sp³-hybridized carbons (Fsp3) is 0.273. The van der Waals surface area contributed by atoms with Gasteiger partial charge in [-0.05, 0) is 26.0 Å². The van der Waals surface area contributed by atoms with E-state index in [1.54, 1.807) is 18.2 Å². The van der Waals surface area contributed by atoms with E-state index in [0.29, 0.717) is 5.69 Å². The summed E-state index contributed by atoms with van der Waals surface area (Å²) < 4.78 is 0. The van der Waals surface area contributed by atoms with Crippen LogP contribution < -0.4 is 5.32 Å². The molecule has 0 aliphatic carbocycles. The zero-order chi connectivity index (χ0) is 13.2. The van der Waals surface area contributed by atoms with Gasteiger partial charge in [0, 0.05) is 0 Å². The average Bonchev–Trinajstić information content (AvgIpc) is 2.24. The Morgan fingerprint density at radius 3 is 2.41 bits per heavy atom. The number of amides is 1. The summed E-state index contributed by atoms with van der Waals surface area (Å²) in [5.74, 6) is -1.87. The van der Waals surface area contributed by atoms with Crippen LogP contribution in [0.3, 0.4) is 0 Å². The zero-order valence-corrected chi connectivity index (χ0v) is 10.8. The number of aliphatic carboxylic acids is 1. The van der Waals surface area contributed by atoms with Gasteiger partial charge in [-0.25, -0.2) is 0 Å². The number of benzene rings is 1. The van der Waals surface area contributed by atoms with Crippen LogP contribution in [0.2, 0.25) is 10.0 Å². The van der Waals surface area contributed by atoms with E-state index in [0.717, 1.165) is 0 Å². The van der Waals surface area contributed by atoms with Crippen molar-refractivity contribution in [3.05, 3.63) is 28.2 Å². The molecule has 1 rings (SSSR count). The van der Waals surface area contributed by atoms with E-state index in [2.05, 4.69) is 5.32 Å². The Balaban J connectivity index is 2.97. The third-order valence-electron chi connectivity index (χ3n) is 2.30. The molecule has 0 radical (unpaired) electrons. The minimum atomic E-state index is -1.54. The van der Waals surface area contributed by atoms with Crippen LogP contribution >= 0.6 is 23.2 Å². The van der Waals surface area contributed by atoms with E-state index < -0.39 is 17.3 Å². The maximum atomic E-state index is 11.7. The van der Waals surface area contributed by atoms with Crippen LogP contribution in [0.5, 0.6) is 0 Å². The van der Waals surface area contributed by atoms with Crippen LogP contribution in [0.1, 0.15) is 13.8 Å². The van der Waals surface area contributed by atoms with Gasteiger partial charge in [0.05, 0.1) is 15.7 Å². The Kier molecular flexibility index (Phi) is 4.01. The van der Waals surface area contributed by atoms with E-state index in [9.17, 15) is 9.59 Å². The van der Waals surface area contributed by atoms with Crippen LogP contribution in [0.25, 0.3) is 0 Å². The van der Waals surface area contributed by atoms with Crippen molar-refractivity contribution in [2.45, 2.75) is 13.8 Å². The highest BCUT2D eigenvalue weighted by molar-refractivity contribution is 6.44. The summed E-state index contributed by atoms with van der Waals surface area (Å²) >= 11 is 11.6. The molecule has 0 atom stereocenters. The van der Waals surface area contributed by atoms with Gasteiger partial charge in [0.1, 0.15) is 5.41 Å². The summed E-state index contributed by atoms with van der Waals surface area (Å²) in [5, 5.41) is 11.8. The first-order valence-corrected chi connectivity index (χ1v) is 5.51. The molecule has 0 aliphatic heterocycles. The molecule has 0 aliphatic rings. The standard InChI is InChI=1S/C11H11Cl2NO3/c1-11(2,10(16)17)9(15)14-7-5-3-4-6(12)8(7)13/h3-5H,1-2H3,(H,14,15)(H,16,17). The van der Waals surface area contributed by atoms with Crippen LogP contribution in [0.4, 0.5) is 5.69 Å². The Morgan fingerprint density at radius 1 is 1.29 bits per heavy atom. The molecule has 0 aromatic heterocycles. The summed E-state index contributed by atoms with van der Waals surface area (Å²) in [6.07, 6.45) is 0. The monoisotopic (exact) mass is 275 g/mol. The van der Waals surface area contributed by atoms with Crippen molar-refractivity contribution in [1.29, 1.82) is 0 Å². The SMILES string of the molecule is CC(C)(C(=O)O)C(=O)Nc1cccc(Cl)c1Cl. The third kappa shape index (κ3) is 2.90. The second-order valence-electron chi connectivity index (χ2n) is 3.99. The van der Waals surface area contributed by atoms with E-state index in [1.807, 2.05) is 0 Å². The van der Waals surface area contributed by atoms with Crippen LogP contribution in [0.15, 0.2) is 18.2 Å². The molecule has 2 N–H and O–H groups in total. The fourth-order valence-electron chi connectivity index (χ4n) is 0.976. The molecule has 4 nitrogen and oxygen atoms in total. The topological polar surface area (TPSA) is 66.4 Å². The second-order valence-corrected chi connectivity index (χ2v) is 4.77. The molecule has 0 heterocycles. The molecule has 1 amide bonds. The number of hydrogen-bond donors (Lipinski definition) is 2. The highest BCUT2D eigenvalue weighted by Crippen LogP contribution is 2.30. The predicted octanol–water partition coefficient (Wildman–Crippen LogP) is 3.04. The van der Waals surface area contributed by atoms with Crippen molar-refractivity contribution < 1.29 is 14.7 Å². The van der Waals surface area contributed by atoms with Crippen molar-refractivity contribution in [1.82, 2.24) is 0 Å². The predicted molar refractivity (Wildman–Crippen MR) is 66.5 cm³/mol. The molecule has 92 valence electrons. The molecule has 6 heteroatoms. The van der Waals surface area contributed by atoms with Gasteiger partial charge in [0.15, 0.2) is 0 Å². The van der Waals surface area contributed by atoms with E-state index in [4.69, 9.17) is 28.3 Å². The largest absolute Gasteiger partial charge is 0.480 e. The Morgan fingerprint density at radius 2 is 1.88 bits per heavy atom. The van der Waals surface area contributed by atoms with Crippen molar-refractivity contribution in [2.75, 3.05) is 5.32 Å². The first-order chi connectivity index (χ1) is 7.76. The summed E-state index contributed by atoms with van der Waals surface area (Å²) in [6, 6.07) is 4.73. The van der Waals surface area contributed by atoms with Crippen LogP contribution in [-0.2, 0) is 9.59 Å². The summed E-state index contributed by atoms with van der Waals surface area (Å²) in [4.78, 5) is 22.6. The quantitative estimate of drug-likeness (QED) is 0.834. The van der Waals surface area contributed by atoms with E-state index >= 15 is 0 Å². The number of carboxylic acids is 1. The average molecular weight is 276 g/mol. The lowest BCUT2D eigenvalue weighted by Gasteiger charge is -2.19. The highest BCUT2D eigenvalue weighted by Gasteiger charge is 2.36. The molecule has 0 unspecified atom stereocenters. The number of hydrogen-bond acceptors (Lipinski definition) is 2. The third-order valence-corrected chi connectivity index (χ3v) is 3.12. The molecule has 0 fully saturated rings. The number of halogens is 2. The lowest BCUT2D eigenvalue weighted by molar-refractivity contribution is -0.151. The number of nitrogens with one attached hydrogen (secondary N) is 1. The molecule has 0 bridgehead atoms. The van der Waals surface area contributed by atoms with Crippen molar-refractivity contribution >= 4 is 40.8 Å². The lowest BCUT2D eigenvalue weighted by atomic mass is 9.92. The van der Waals surface area contributed by atoms with Crippen LogP contribution in [-0.4, -0.2) is 17.0 Å².